The second-order valence-electron chi connectivity index (χ2n) is 6.03. The van der Waals surface area contributed by atoms with Gasteiger partial charge in [-0.3, -0.25) is 9.78 Å². The minimum Gasteiger partial charge on any atom is -0.320 e. The van der Waals surface area contributed by atoms with Crippen LogP contribution in [0.4, 0.5) is 5.69 Å². The molecule has 0 saturated carbocycles. The van der Waals surface area contributed by atoms with Crippen molar-refractivity contribution in [3.8, 4) is 0 Å². The number of hydrogen-bond acceptors (Lipinski definition) is 6. The van der Waals surface area contributed by atoms with Crippen LogP contribution in [0.3, 0.4) is 0 Å². The van der Waals surface area contributed by atoms with Crippen LogP contribution in [-0.4, -0.2) is 20.9 Å². The Morgan fingerprint density at radius 1 is 1.07 bits per heavy atom. The van der Waals surface area contributed by atoms with Crippen molar-refractivity contribution in [2.45, 2.75) is 23.1 Å². The van der Waals surface area contributed by atoms with E-state index in [1.807, 2.05) is 61.7 Å². The fourth-order valence-electron chi connectivity index (χ4n) is 2.57. The first-order valence-electron chi connectivity index (χ1n) is 8.32. The van der Waals surface area contributed by atoms with Gasteiger partial charge >= 0.3 is 0 Å². The van der Waals surface area contributed by atoms with Crippen LogP contribution in [0.2, 0.25) is 0 Å². The third-order valence-corrected chi connectivity index (χ3v) is 5.98. The quantitative estimate of drug-likeness (QED) is 0.523. The lowest BCUT2D eigenvalue weighted by atomic mass is 10.2. The van der Waals surface area contributed by atoms with Gasteiger partial charge in [0.15, 0.2) is 4.34 Å². The Labute approximate surface area is 164 Å². The molecule has 0 atom stereocenters. The second kappa shape index (κ2) is 7.46. The van der Waals surface area contributed by atoms with Crippen molar-refractivity contribution in [1.82, 2.24) is 15.0 Å². The minimum absolute atomic E-state index is 0.271. The third kappa shape index (κ3) is 3.99. The van der Waals surface area contributed by atoms with E-state index in [0.29, 0.717) is 11.2 Å². The lowest BCUT2D eigenvalue weighted by Gasteiger charge is -2.09. The lowest BCUT2D eigenvalue weighted by Crippen LogP contribution is -2.15. The van der Waals surface area contributed by atoms with Crippen LogP contribution >= 0.6 is 23.1 Å². The Bertz CT molecular complexity index is 1140. The van der Waals surface area contributed by atoms with Crippen molar-refractivity contribution >= 4 is 45.7 Å². The number of nitrogens with zero attached hydrogens (tertiary/aromatic N) is 3. The Morgan fingerprint density at radius 2 is 1.89 bits per heavy atom. The van der Waals surface area contributed by atoms with Crippen LogP contribution in [-0.2, 0) is 0 Å². The molecule has 2 aromatic carbocycles. The molecule has 0 bridgehead atoms. The van der Waals surface area contributed by atoms with Crippen molar-refractivity contribution in [2.75, 3.05) is 5.32 Å². The predicted molar refractivity (Wildman–Crippen MR) is 110 cm³/mol. The fraction of sp³-hybridized carbons (Fsp3) is 0.100. The molecule has 0 aliphatic carbocycles. The summed E-state index contributed by atoms with van der Waals surface area (Å²) >= 11 is 3.25. The second-order valence-corrected chi connectivity index (χ2v) is 8.21. The molecule has 0 aliphatic rings. The van der Waals surface area contributed by atoms with Crippen molar-refractivity contribution < 1.29 is 4.79 Å². The van der Waals surface area contributed by atoms with E-state index >= 15 is 0 Å². The molecule has 134 valence electrons. The monoisotopic (exact) mass is 392 g/mol. The topological polar surface area (TPSA) is 67.8 Å². The highest BCUT2D eigenvalue weighted by Gasteiger charge is 2.12. The molecule has 2 aromatic heterocycles. The van der Waals surface area contributed by atoms with Gasteiger partial charge in [0.05, 0.1) is 17.2 Å². The van der Waals surface area contributed by atoms with E-state index in [9.17, 15) is 4.79 Å². The van der Waals surface area contributed by atoms with Crippen LogP contribution in [0.1, 0.15) is 21.7 Å². The first-order chi connectivity index (χ1) is 13.1. The van der Waals surface area contributed by atoms with Gasteiger partial charge in [0.1, 0.15) is 5.69 Å². The molecular formula is C20H16N4OS2. The molecule has 4 aromatic rings. The fourth-order valence-corrected chi connectivity index (χ4v) is 4.48. The molecule has 0 aliphatic heterocycles. The molecule has 5 nitrogen and oxygen atoms in total. The van der Waals surface area contributed by atoms with Gasteiger partial charge in [-0.05, 0) is 49.7 Å². The Morgan fingerprint density at radius 3 is 2.63 bits per heavy atom. The van der Waals surface area contributed by atoms with Crippen LogP contribution in [0, 0.1) is 13.8 Å². The van der Waals surface area contributed by atoms with Crippen LogP contribution in [0.25, 0.3) is 11.0 Å². The van der Waals surface area contributed by atoms with Crippen LogP contribution in [0.5, 0.6) is 0 Å². The molecule has 0 spiro atoms. The normalized spacial score (nSPS) is 10.9. The largest absolute Gasteiger partial charge is 0.320 e. The lowest BCUT2D eigenvalue weighted by molar-refractivity contribution is 0.102. The van der Waals surface area contributed by atoms with Crippen molar-refractivity contribution in [2.24, 2.45) is 0 Å². The number of carbonyl (C=O) groups excluding carboxylic acids is 1. The molecule has 7 heteroatoms. The van der Waals surface area contributed by atoms with Gasteiger partial charge < -0.3 is 5.32 Å². The highest BCUT2D eigenvalue weighted by atomic mass is 32.2. The Balaban J connectivity index is 1.51. The summed E-state index contributed by atoms with van der Waals surface area (Å²) in [5.74, 6) is -0.271. The van der Waals surface area contributed by atoms with Gasteiger partial charge in [-0.1, -0.05) is 23.9 Å². The van der Waals surface area contributed by atoms with Crippen molar-refractivity contribution in [1.29, 1.82) is 0 Å². The highest BCUT2D eigenvalue weighted by molar-refractivity contribution is 8.01. The number of para-hydroxylation sites is 2. The zero-order valence-electron chi connectivity index (χ0n) is 14.8. The number of nitrogens with one attached hydrogen (secondary N) is 1. The molecule has 0 fully saturated rings. The number of aromatic nitrogens is 3. The maximum absolute atomic E-state index is 12.6. The van der Waals surface area contributed by atoms with Gasteiger partial charge in [0.25, 0.3) is 5.91 Å². The number of rotatable bonds is 4. The molecule has 4 rings (SSSR count). The van der Waals surface area contributed by atoms with Gasteiger partial charge in [-0.15, -0.1) is 11.3 Å². The number of anilines is 1. The summed E-state index contributed by atoms with van der Waals surface area (Å²) in [7, 11) is 0. The van der Waals surface area contributed by atoms with E-state index in [1.54, 1.807) is 23.1 Å². The number of hydrogen-bond donors (Lipinski definition) is 1. The van der Waals surface area contributed by atoms with E-state index in [0.717, 1.165) is 31.7 Å². The van der Waals surface area contributed by atoms with Gasteiger partial charge in [-0.25, -0.2) is 9.97 Å². The summed E-state index contributed by atoms with van der Waals surface area (Å²) in [6, 6.07) is 13.4. The summed E-state index contributed by atoms with van der Waals surface area (Å²) in [4.78, 5) is 26.8. The molecule has 27 heavy (non-hydrogen) atoms. The van der Waals surface area contributed by atoms with E-state index in [2.05, 4.69) is 20.3 Å². The number of aryl methyl sites for hydroxylation is 2. The zero-order chi connectivity index (χ0) is 18.8. The third-order valence-electron chi connectivity index (χ3n) is 3.93. The molecule has 0 radical (unpaired) electrons. The first-order valence-corrected chi connectivity index (χ1v) is 10.0. The van der Waals surface area contributed by atoms with E-state index in [4.69, 9.17) is 0 Å². The standard InChI is InChI=1S/C20H16N4OS2/c1-12-9-14(27-20-22-13(2)11-26-20)7-8-15(12)24-19(25)18-10-21-16-5-3-4-6-17(16)23-18/h3-11H,1-2H3,(H,24,25). The van der Waals surface area contributed by atoms with Gasteiger partial charge in [0.2, 0.25) is 0 Å². The Kier molecular flexibility index (Phi) is 4.87. The summed E-state index contributed by atoms with van der Waals surface area (Å²) < 4.78 is 1.01. The van der Waals surface area contributed by atoms with Crippen molar-refractivity contribution in [3.63, 3.8) is 0 Å². The highest BCUT2D eigenvalue weighted by Crippen LogP contribution is 2.32. The van der Waals surface area contributed by atoms with Crippen LogP contribution in [0.15, 0.2) is 63.3 Å². The summed E-state index contributed by atoms with van der Waals surface area (Å²) in [5, 5.41) is 4.96. The summed E-state index contributed by atoms with van der Waals surface area (Å²) in [6.45, 7) is 3.96. The summed E-state index contributed by atoms with van der Waals surface area (Å²) in [6.07, 6.45) is 1.50. The average molecular weight is 393 g/mol. The van der Waals surface area contributed by atoms with Gasteiger partial charge in [-0.2, -0.15) is 0 Å². The van der Waals surface area contributed by atoms with Gasteiger partial charge in [0, 0.05) is 21.7 Å². The maximum atomic E-state index is 12.6. The number of thiazole rings is 1. The average Bonchev–Trinajstić information content (AvgIpc) is 3.08. The van der Waals surface area contributed by atoms with E-state index in [1.165, 1.54) is 6.20 Å². The smallest absolute Gasteiger partial charge is 0.275 e. The zero-order valence-corrected chi connectivity index (χ0v) is 16.4. The molecule has 2 heterocycles. The summed E-state index contributed by atoms with van der Waals surface area (Å²) in [5.41, 5.74) is 4.53. The van der Waals surface area contributed by atoms with Crippen molar-refractivity contribution in [3.05, 3.63) is 71.0 Å². The molecule has 1 N–H and O–H groups in total. The van der Waals surface area contributed by atoms with E-state index in [-0.39, 0.29) is 5.91 Å². The maximum Gasteiger partial charge on any atom is 0.275 e. The van der Waals surface area contributed by atoms with E-state index < -0.39 is 0 Å². The number of carbonyl (C=O) groups is 1. The first kappa shape index (κ1) is 17.6. The number of fused-ring (bicyclic) bond motifs is 1. The predicted octanol–water partition coefficient (Wildman–Crippen LogP) is 5.11. The molecular weight excluding hydrogens is 376 g/mol. The van der Waals surface area contributed by atoms with Crippen LogP contribution < -0.4 is 5.32 Å². The molecule has 0 unspecified atom stereocenters. The number of amides is 1. The number of benzene rings is 2. The Hall–Kier alpha value is -2.77. The SMILES string of the molecule is Cc1csc(Sc2ccc(NC(=O)c3cnc4ccccc4n3)c(C)c2)n1. The molecule has 1 amide bonds. The molecule has 0 saturated heterocycles. The minimum atomic E-state index is -0.271.